The predicted octanol–water partition coefficient (Wildman–Crippen LogP) is -2.41. The van der Waals surface area contributed by atoms with E-state index in [0.29, 0.717) is 5.75 Å². The van der Waals surface area contributed by atoms with Crippen molar-refractivity contribution in [3.8, 4) is 0 Å². The number of carboxylic acids is 2. The molecule has 0 aromatic heterocycles. The summed E-state index contributed by atoms with van der Waals surface area (Å²) in [5.74, 6) is -3.81. The van der Waals surface area contributed by atoms with Crippen molar-refractivity contribution < 1.29 is 34.5 Å². The first kappa shape index (κ1) is 21.1. The lowest BCUT2D eigenvalue weighted by Gasteiger charge is -2.21. The number of nitrogens with two attached hydrogens (primary N) is 1. The Morgan fingerprint density at radius 1 is 1.09 bits per heavy atom. The number of aliphatic carboxylic acids is 2. The van der Waals surface area contributed by atoms with E-state index in [1.165, 1.54) is 11.8 Å². The lowest BCUT2D eigenvalue weighted by molar-refractivity contribution is -0.143. The van der Waals surface area contributed by atoms with Crippen LogP contribution in [0.15, 0.2) is 0 Å². The summed E-state index contributed by atoms with van der Waals surface area (Å²) in [5.41, 5.74) is 5.41. The van der Waals surface area contributed by atoms with Gasteiger partial charge in [-0.1, -0.05) is 0 Å². The number of aliphatic hydroxyl groups excluding tert-OH is 1. The molecule has 0 aromatic rings. The molecule has 11 heteroatoms. The zero-order chi connectivity index (χ0) is 18.0. The maximum atomic E-state index is 12.0. The van der Waals surface area contributed by atoms with Crippen molar-refractivity contribution in [2.75, 3.05) is 18.6 Å². The van der Waals surface area contributed by atoms with E-state index in [4.69, 9.17) is 21.1 Å². The van der Waals surface area contributed by atoms with E-state index >= 15 is 0 Å². The van der Waals surface area contributed by atoms with Gasteiger partial charge in [0.05, 0.1) is 19.1 Å². The fourth-order valence-corrected chi connectivity index (χ4v) is 1.99. The van der Waals surface area contributed by atoms with E-state index in [-0.39, 0.29) is 6.42 Å². The summed E-state index contributed by atoms with van der Waals surface area (Å²) in [7, 11) is 0. The van der Waals surface area contributed by atoms with Crippen molar-refractivity contribution in [1.82, 2.24) is 10.6 Å². The topological polar surface area (TPSA) is 179 Å². The maximum absolute atomic E-state index is 12.0. The van der Waals surface area contributed by atoms with E-state index in [1.54, 1.807) is 6.26 Å². The Bertz CT molecular complexity index is 446. The largest absolute Gasteiger partial charge is 0.481 e. The third-order valence-corrected chi connectivity index (χ3v) is 3.42. The van der Waals surface area contributed by atoms with Crippen molar-refractivity contribution in [3.05, 3.63) is 0 Å². The number of carbonyl (C=O) groups excluding carboxylic acids is 2. The third kappa shape index (κ3) is 8.38. The number of amides is 2. The monoisotopic (exact) mass is 351 g/mol. The number of carbonyl (C=O) groups is 4. The molecule has 0 radical (unpaired) electrons. The molecule has 0 unspecified atom stereocenters. The molecule has 23 heavy (non-hydrogen) atoms. The van der Waals surface area contributed by atoms with Gasteiger partial charge in [0.25, 0.3) is 0 Å². The van der Waals surface area contributed by atoms with Crippen LogP contribution >= 0.6 is 11.8 Å². The molecular weight excluding hydrogens is 330 g/mol. The molecule has 3 atom stereocenters. The Balaban J connectivity index is 4.85. The number of aliphatic hydroxyl groups is 1. The Morgan fingerprint density at radius 3 is 2.09 bits per heavy atom. The Kier molecular flexibility index (Phi) is 9.94. The standard InChI is InChI=1S/C12H21N3O7S/c1-23-3-2-7(11(20)15-8(5-16)12(21)22)14-10(19)6(13)4-9(17)18/h6-8,16H,2-5,13H2,1H3,(H,14,19)(H,15,20)(H,17,18)(H,21,22)/t6-,7-,8-/m0/s1. The lowest BCUT2D eigenvalue weighted by Crippen LogP contribution is -2.55. The van der Waals surface area contributed by atoms with Crippen LogP contribution in [0.4, 0.5) is 0 Å². The number of carboxylic acid groups (broad SMARTS) is 2. The van der Waals surface area contributed by atoms with Crippen molar-refractivity contribution >= 4 is 35.5 Å². The van der Waals surface area contributed by atoms with Gasteiger partial charge in [0, 0.05) is 0 Å². The van der Waals surface area contributed by atoms with Crippen LogP contribution in [-0.2, 0) is 19.2 Å². The van der Waals surface area contributed by atoms with Gasteiger partial charge in [0.15, 0.2) is 0 Å². The summed E-state index contributed by atoms with van der Waals surface area (Å²) < 4.78 is 0. The predicted molar refractivity (Wildman–Crippen MR) is 81.8 cm³/mol. The first-order chi connectivity index (χ1) is 10.7. The number of thioether (sulfide) groups is 1. The minimum Gasteiger partial charge on any atom is -0.481 e. The second-order valence-corrected chi connectivity index (χ2v) is 5.61. The van der Waals surface area contributed by atoms with Crippen LogP contribution in [0.5, 0.6) is 0 Å². The van der Waals surface area contributed by atoms with Crippen LogP contribution in [0.3, 0.4) is 0 Å². The minimum atomic E-state index is -1.50. The zero-order valence-corrected chi connectivity index (χ0v) is 13.3. The van der Waals surface area contributed by atoms with E-state index in [1.807, 2.05) is 0 Å². The molecule has 0 aliphatic carbocycles. The fourth-order valence-electron chi connectivity index (χ4n) is 1.52. The highest BCUT2D eigenvalue weighted by molar-refractivity contribution is 7.98. The Hall–Kier alpha value is -1.85. The summed E-state index contributed by atoms with van der Waals surface area (Å²) in [6.07, 6.45) is 1.37. The molecule has 0 spiro atoms. The number of rotatable bonds is 11. The normalized spacial score (nSPS) is 14.4. The summed E-state index contributed by atoms with van der Waals surface area (Å²) in [5, 5.41) is 30.7. The molecule has 0 bridgehead atoms. The van der Waals surface area contributed by atoms with Crippen LogP contribution < -0.4 is 16.4 Å². The second kappa shape index (κ2) is 10.8. The molecule has 2 amide bonds. The van der Waals surface area contributed by atoms with Gasteiger partial charge in [-0.25, -0.2) is 4.79 Å². The van der Waals surface area contributed by atoms with Gasteiger partial charge in [0.2, 0.25) is 11.8 Å². The average Bonchev–Trinajstić information content (AvgIpc) is 2.47. The Morgan fingerprint density at radius 2 is 1.65 bits per heavy atom. The van der Waals surface area contributed by atoms with Gasteiger partial charge in [0.1, 0.15) is 12.1 Å². The highest BCUT2D eigenvalue weighted by Gasteiger charge is 2.27. The van der Waals surface area contributed by atoms with Gasteiger partial charge in [-0.3, -0.25) is 14.4 Å². The van der Waals surface area contributed by atoms with Gasteiger partial charge in [-0.15, -0.1) is 0 Å². The summed E-state index contributed by atoms with van der Waals surface area (Å²) >= 11 is 1.40. The molecule has 0 saturated carbocycles. The highest BCUT2D eigenvalue weighted by Crippen LogP contribution is 2.03. The average molecular weight is 351 g/mol. The van der Waals surface area contributed by atoms with E-state index in [9.17, 15) is 19.2 Å². The minimum absolute atomic E-state index is 0.191. The molecule has 0 aliphatic heterocycles. The van der Waals surface area contributed by atoms with Crippen molar-refractivity contribution in [1.29, 1.82) is 0 Å². The maximum Gasteiger partial charge on any atom is 0.328 e. The number of hydrogen-bond acceptors (Lipinski definition) is 7. The number of nitrogens with one attached hydrogen (secondary N) is 2. The molecular formula is C12H21N3O7S. The second-order valence-electron chi connectivity index (χ2n) is 4.63. The summed E-state index contributed by atoms with van der Waals surface area (Å²) in [4.78, 5) is 45.2. The first-order valence-corrected chi connectivity index (χ1v) is 8.03. The third-order valence-electron chi connectivity index (χ3n) is 2.77. The molecule has 0 aliphatic rings. The molecule has 0 heterocycles. The van der Waals surface area contributed by atoms with Crippen molar-refractivity contribution in [2.45, 2.75) is 31.0 Å². The SMILES string of the molecule is CSCC[C@H](NC(=O)[C@@H](N)CC(=O)O)C(=O)N[C@@H](CO)C(=O)O. The molecule has 0 fully saturated rings. The highest BCUT2D eigenvalue weighted by atomic mass is 32.2. The van der Waals surface area contributed by atoms with Crippen molar-refractivity contribution in [3.63, 3.8) is 0 Å². The fraction of sp³-hybridized carbons (Fsp3) is 0.667. The smallest absolute Gasteiger partial charge is 0.328 e. The van der Waals surface area contributed by atoms with Gasteiger partial charge in [-0.05, 0) is 18.4 Å². The van der Waals surface area contributed by atoms with Crippen LogP contribution in [0.1, 0.15) is 12.8 Å². The van der Waals surface area contributed by atoms with Gasteiger partial charge >= 0.3 is 11.9 Å². The summed E-state index contributed by atoms with van der Waals surface area (Å²) in [6.45, 7) is -0.803. The van der Waals surface area contributed by atoms with Crippen LogP contribution in [0.2, 0.25) is 0 Å². The zero-order valence-electron chi connectivity index (χ0n) is 12.5. The van der Waals surface area contributed by atoms with Gasteiger partial charge in [-0.2, -0.15) is 11.8 Å². The molecule has 132 valence electrons. The molecule has 7 N–H and O–H groups in total. The summed E-state index contributed by atoms with van der Waals surface area (Å²) in [6, 6.07) is -3.91. The van der Waals surface area contributed by atoms with Crippen LogP contribution in [-0.4, -0.2) is 75.8 Å². The Labute approximate surface area is 136 Å². The quantitative estimate of drug-likeness (QED) is 0.236. The lowest BCUT2D eigenvalue weighted by atomic mass is 10.1. The van der Waals surface area contributed by atoms with Crippen molar-refractivity contribution in [2.24, 2.45) is 5.73 Å². The van der Waals surface area contributed by atoms with Crippen LogP contribution in [0, 0.1) is 0 Å². The first-order valence-electron chi connectivity index (χ1n) is 6.63. The van der Waals surface area contributed by atoms with E-state index in [2.05, 4.69) is 10.6 Å². The molecule has 0 rings (SSSR count). The van der Waals surface area contributed by atoms with E-state index < -0.39 is 54.9 Å². The van der Waals surface area contributed by atoms with E-state index in [0.717, 1.165) is 0 Å². The molecule has 0 saturated heterocycles. The molecule has 10 nitrogen and oxygen atoms in total. The van der Waals surface area contributed by atoms with Crippen LogP contribution in [0.25, 0.3) is 0 Å². The van der Waals surface area contributed by atoms with Gasteiger partial charge < -0.3 is 31.7 Å². The number of hydrogen-bond donors (Lipinski definition) is 6. The molecule has 0 aromatic carbocycles.